The minimum atomic E-state index is -0.638. The molecule has 1 rings (SSSR count). The van der Waals surface area contributed by atoms with E-state index in [1.807, 2.05) is 0 Å². The van der Waals surface area contributed by atoms with E-state index in [4.69, 9.17) is 15.2 Å². The van der Waals surface area contributed by atoms with Crippen molar-refractivity contribution in [2.75, 3.05) is 26.2 Å². The fourth-order valence-electron chi connectivity index (χ4n) is 3.16. The fourth-order valence-corrected chi connectivity index (χ4v) is 3.16. The SMILES string of the molecule is CCOC(=O)CN(CCCCCNC(=O)[C@H](N)C1=CCCCC1)C(=O)OC(C)(C)C. The van der Waals surface area contributed by atoms with Crippen molar-refractivity contribution in [2.45, 2.75) is 84.3 Å². The summed E-state index contributed by atoms with van der Waals surface area (Å²) in [6.45, 7) is 8.11. The van der Waals surface area contributed by atoms with Crippen molar-refractivity contribution in [2.24, 2.45) is 5.73 Å². The molecule has 8 nitrogen and oxygen atoms in total. The summed E-state index contributed by atoms with van der Waals surface area (Å²) < 4.78 is 10.3. The second-order valence-corrected chi connectivity index (χ2v) is 8.56. The number of hydrogen-bond acceptors (Lipinski definition) is 6. The highest BCUT2D eigenvalue weighted by molar-refractivity contribution is 5.84. The number of esters is 1. The van der Waals surface area contributed by atoms with E-state index in [-0.39, 0.29) is 19.1 Å². The maximum absolute atomic E-state index is 12.4. The topological polar surface area (TPSA) is 111 Å². The molecule has 0 spiro atoms. The molecule has 3 N–H and O–H groups in total. The summed E-state index contributed by atoms with van der Waals surface area (Å²) in [6, 6.07) is -0.558. The van der Waals surface area contributed by atoms with E-state index in [0.29, 0.717) is 19.5 Å². The molecule has 0 fully saturated rings. The predicted molar refractivity (Wildman–Crippen MR) is 116 cm³/mol. The number of hydrogen-bond donors (Lipinski definition) is 2. The molecular weight excluding hydrogens is 386 g/mol. The Kier molecular flexibility index (Phi) is 11.5. The van der Waals surface area contributed by atoms with Crippen LogP contribution in [0.2, 0.25) is 0 Å². The van der Waals surface area contributed by atoms with Gasteiger partial charge in [-0.3, -0.25) is 14.5 Å². The Morgan fingerprint density at radius 2 is 1.93 bits per heavy atom. The number of nitrogens with two attached hydrogens (primary N) is 1. The van der Waals surface area contributed by atoms with Gasteiger partial charge < -0.3 is 20.5 Å². The van der Waals surface area contributed by atoms with Gasteiger partial charge in [-0.25, -0.2) is 4.79 Å². The predicted octanol–water partition coefficient (Wildman–Crippen LogP) is 2.90. The largest absolute Gasteiger partial charge is 0.465 e. The maximum Gasteiger partial charge on any atom is 0.410 e. The van der Waals surface area contributed by atoms with Crippen LogP contribution in [0.25, 0.3) is 0 Å². The maximum atomic E-state index is 12.4. The first-order valence-electron chi connectivity index (χ1n) is 11.0. The number of amides is 2. The lowest BCUT2D eigenvalue weighted by atomic mass is 9.94. The number of nitrogens with one attached hydrogen (secondary N) is 1. The van der Waals surface area contributed by atoms with Crippen molar-refractivity contribution in [1.29, 1.82) is 0 Å². The van der Waals surface area contributed by atoms with Crippen LogP contribution in [0.1, 0.15) is 72.6 Å². The molecule has 0 aromatic rings. The number of ether oxygens (including phenoxy) is 2. The fraction of sp³-hybridized carbons (Fsp3) is 0.773. The smallest absolute Gasteiger partial charge is 0.410 e. The van der Waals surface area contributed by atoms with Crippen LogP contribution in [0.5, 0.6) is 0 Å². The summed E-state index contributed by atoms with van der Waals surface area (Å²) in [6.07, 6.45) is 7.94. The van der Waals surface area contributed by atoms with Crippen molar-refractivity contribution in [1.82, 2.24) is 10.2 Å². The van der Waals surface area contributed by atoms with Gasteiger partial charge in [0, 0.05) is 13.1 Å². The molecule has 1 atom stereocenters. The van der Waals surface area contributed by atoms with Crippen LogP contribution >= 0.6 is 0 Å². The van der Waals surface area contributed by atoms with Gasteiger partial charge in [0.25, 0.3) is 0 Å². The van der Waals surface area contributed by atoms with Gasteiger partial charge in [0.15, 0.2) is 0 Å². The van der Waals surface area contributed by atoms with E-state index in [1.165, 1.54) is 4.90 Å². The molecule has 2 amide bonds. The van der Waals surface area contributed by atoms with Gasteiger partial charge in [-0.15, -0.1) is 0 Å². The number of carbonyl (C=O) groups excluding carboxylic acids is 3. The minimum absolute atomic E-state index is 0.135. The average Bonchev–Trinajstić information content (AvgIpc) is 2.68. The summed E-state index contributed by atoms with van der Waals surface area (Å²) in [4.78, 5) is 37.7. The molecule has 172 valence electrons. The molecule has 0 radical (unpaired) electrons. The number of carbonyl (C=O) groups is 3. The van der Waals surface area contributed by atoms with Gasteiger partial charge in [0.05, 0.1) is 6.61 Å². The van der Waals surface area contributed by atoms with E-state index in [9.17, 15) is 14.4 Å². The summed E-state index contributed by atoms with van der Waals surface area (Å²) >= 11 is 0. The Bertz CT molecular complexity index is 598. The van der Waals surface area contributed by atoms with E-state index in [0.717, 1.165) is 44.1 Å². The molecule has 8 heteroatoms. The Labute approximate surface area is 180 Å². The second-order valence-electron chi connectivity index (χ2n) is 8.56. The zero-order valence-electron chi connectivity index (χ0n) is 19.0. The van der Waals surface area contributed by atoms with Gasteiger partial charge in [-0.2, -0.15) is 0 Å². The molecule has 0 aromatic carbocycles. The molecule has 0 aliphatic heterocycles. The molecule has 0 saturated heterocycles. The Morgan fingerprint density at radius 1 is 1.20 bits per heavy atom. The summed E-state index contributed by atoms with van der Waals surface area (Å²) in [5, 5.41) is 2.89. The molecule has 0 heterocycles. The molecule has 1 aliphatic carbocycles. The summed E-state index contributed by atoms with van der Waals surface area (Å²) in [5.41, 5.74) is 6.44. The molecule has 0 saturated carbocycles. The van der Waals surface area contributed by atoms with Crippen LogP contribution in [0, 0.1) is 0 Å². The molecular formula is C22H39N3O5. The first-order chi connectivity index (χ1) is 14.1. The zero-order valence-corrected chi connectivity index (χ0v) is 19.0. The third-order valence-corrected chi connectivity index (χ3v) is 4.69. The van der Waals surface area contributed by atoms with Crippen molar-refractivity contribution in [3.05, 3.63) is 11.6 Å². The normalized spacial score (nSPS) is 15.0. The Balaban J connectivity index is 2.35. The number of rotatable bonds is 11. The van der Waals surface area contributed by atoms with Gasteiger partial charge in [-0.05, 0) is 78.2 Å². The van der Waals surface area contributed by atoms with Crippen LogP contribution in [0.4, 0.5) is 4.79 Å². The molecule has 1 aliphatic rings. The Morgan fingerprint density at radius 3 is 2.53 bits per heavy atom. The summed E-state index contributed by atoms with van der Waals surface area (Å²) in [7, 11) is 0. The molecule has 0 unspecified atom stereocenters. The minimum Gasteiger partial charge on any atom is -0.465 e. The van der Waals surface area contributed by atoms with E-state index in [2.05, 4.69) is 11.4 Å². The van der Waals surface area contributed by atoms with Crippen LogP contribution in [-0.2, 0) is 19.1 Å². The molecule has 0 aromatic heterocycles. The Hall–Kier alpha value is -2.09. The van der Waals surface area contributed by atoms with Crippen LogP contribution < -0.4 is 11.1 Å². The standard InChI is InChI=1S/C22H39N3O5/c1-5-29-18(26)16-25(21(28)30-22(2,3)4)15-11-7-10-14-24-20(27)19(23)17-12-8-6-9-13-17/h12,19H,5-11,13-16,23H2,1-4H3,(H,24,27)/t19-/m1/s1. The molecule has 30 heavy (non-hydrogen) atoms. The monoisotopic (exact) mass is 425 g/mol. The third kappa shape index (κ3) is 10.6. The van der Waals surface area contributed by atoms with Gasteiger partial charge >= 0.3 is 12.1 Å². The van der Waals surface area contributed by atoms with Gasteiger partial charge in [0.1, 0.15) is 18.2 Å². The lowest BCUT2D eigenvalue weighted by Gasteiger charge is -2.26. The third-order valence-electron chi connectivity index (χ3n) is 4.69. The van der Waals surface area contributed by atoms with Gasteiger partial charge in [0.2, 0.25) is 5.91 Å². The highest BCUT2D eigenvalue weighted by Crippen LogP contribution is 2.19. The zero-order chi connectivity index (χ0) is 22.6. The molecule has 0 bridgehead atoms. The van der Waals surface area contributed by atoms with Crippen LogP contribution in [0.3, 0.4) is 0 Å². The first kappa shape index (κ1) is 25.9. The lowest BCUT2D eigenvalue weighted by molar-refractivity contribution is -0.144. The first-order valence-corrected chi connectivity index (χ1v) is 11.0. The second kappa shape index (κ2) is 13.3. The van der Waals surface area contributed by atoms with Crippen LogP contribution in [-0.4, -0.2) is 60.8 Å². The van der Waals surface area contributed by atoms with E-state index >= 15 is 0 Å². The lowest BCUT2D eigenvalue weighted by Crippen LogP contribution is -2.42. The van der Waals surface area contributed by atoms with Crippen molar-refractivity contribution >= 4 is 18.0 Å². The summed E-state index contributed by atoms with van der Waals surface area (Å²) in [5.74, 6) is -0.595. The van der Waals surface area contributed by atoms with Crippen molar-refractivity contribution in [3.63, 3.8) is 0 Å². The van der Waals surface area contributed by atoms with Crippen molar-refractivity contribution < 1.29 is 23.9 Å². The average molecular weight is 426 g/mol. The van der Waals surface area contributed by atoms with E-state index in [1.54, 1.807) is 27.7 Å². The number of allylic oxidation sites excluding steroid dienone is 1. The van der Waals surface area contributed by atoms with Crippen LogP contribution in [0.15, 0.2) is 11.6 Å². The van der Waals surface area contributed by atoms with Crippen molar-refractivity contribution in [3.8, 4) is 0 Å². The highest BCUT2D eigenvalue weighted by Gasteiger charge is 2.24. The van der Waals surface area contributed by atoms with Gasteiger partial charge in [-0.1, -0.05) is 6.08 Å². The highest BCUT2D eigenvalue weighted by atomic mass is 16.6. The number of unbranched alkanes of at least 4 members (excludes halogenated alkanes) is 2. The number of nitrogens with zero attached hydrogens (tertiary/aromatic N) is 1. The quantitative estimate of drug-likeness (QED) is 0.299. The van der Waals surface area contributed by atoms with E-state index < -0.39 is 23.7 Å².